The molecule has 166 valence electrons. The van der Waals surface area contributed by atoms with E-state index >= 15 is 0 Å². The van der Waals surface area contributed by atoms with Gasteiger partial charge in [-0.15, -0.1) is 0 Å². The van der Waals surface area contributed by atoms with Crippen molar-refractivity contribution < 1.29 is 14.7 Å². The number of nitrogens with two attached hydrogens (primary N) is 1. The molecular formula is C24H25ClN4O3. The number of carbonyl (C=O) groups is 2. The lowest BCUT2D eigenvalue weighted by Gasteiger charge is -2.21. The first-order valence-corrected chi connectivity index (χ1v) is 10.5. The van der Waals surface area contributed by atoms with Crippen LogP contribution in [0.25, 0.3) is 0 Å². The van der Waals surface area contributed by atoms with E-state index in [1.165, 1.54) is 0 Å². The molecule has 0 aliphatic heterocycles. The lowest BCUT2D eigenvalue weighted by atomic mass is 10.0. The van der Waals surface area contributed by atoms with Gasteiger partial charge in [0.2, 0.25) is 11.8 Å². The number of pyridine rings is 1. The van der Waals surface area contributed by atoms with E-state index in [9.17, 15) is 14.7 Å². The number of aliphatic hydroxyl groups is 1. The van der Waals surface area contributed by atoms with Gasteiger partial charge in [-0.2, -0.15) is 0 Å². The second-order valence-corrected chi connectivity index (χ2v) is 7.85. The fraction of sp³-hybridized carbons (Fsp3) is 0.208. The number of amides is 2. The lowest BCUT2D eigenvalue weighted by molar-refractivity contribution is -0.134. The number of aromatic nitrogens is 1. The number of benzene rings is 2. The molecule has 1 aromatic heterocycles. The topological polar surface area (TPSA) is 117 Å². The summed E-state index contributed by atoms with van der Waals surface area (Å²) < 4.78 is 0. The van der Waals surface area contributed by atoms with Crippen LogP contribution < -0.4 is 16.4 Å². The molecule has 0 aliphatic rings. The molecule has 0 saturated heterocycles. The Balaban J connectivity index is 1.68. The number of nitrogens with one attached hydrogen (secondary N) is 2. The fourth-order valence-electron chi connectivity index (χ4n) is 3.16. The van der Waals surface area contributed by atoms with Crippen LogP contribution in [0, 0.1) is 0 Å². The Labute approximate surface area is 191 Å². The van der Waals surface area contributed by atoms with Crippen LogP contribution in [-0.4, -0.2) is 34.1 Å². The van der Waals surface area contributed by atoms with Gasteiger partial charge in [0.25, 0.3) is 0 Å². The van der Waals surface area contributed by atoms with Gasteiger partial charge in [0.05, 0.1) is 0 Å². The van der Waals surface area contributed by atoms with Crippen LogP contribution in [0.2, 0.25) is 5.02 Å². The minimum absolute atomic E-state index is 0.148. The SMILES string of the molecule is Nc1ccc(CNC(=O)[C@H](Cc2cccc(Cl)c2)NC(=O)[C@H](O)Cc2ccccc2)cn1. The molecule has 0 aliphatic carbocycles. The highest BCUT2D eigenvalue weighted by Gasteiger charge is 2.25. The predicted molar refractivity (Wildman–Crippen MR) is 124 cm³/mol. The van der Waals surface area contributed by atoms with E-state index in [2.05, 4.69) is 15.6 Å². The highest BCUT2D eigenvalue weighted by atomic mass is 35.5. The van der Waals surface area contributed by atoms with Crippen LogP contribution >= 0.6 is 11.6 Å². The lowest BCUT2D eigenvalue weighted by Crippen LogP contribution is -2.51. The maximum absolute atomic E-state index is 12.9. The quantitative estimate of drug-likeness (QED) is 0.397. The molecule has 3 aromatic rings. The Morgan fingerprint density at radius 2 is 1.69 bits per heavy atom. The number of nitrogens with zero attached hydrogens (tertiary/aromatic N) is 1. The van der Waals surface area contributed by atoms with Crippen molar-refractivity contribution in [2.75, 3.05) is 5.73 Å². The van der Waals surface area contributed by atoms with Crippen molar-refractivity contribution in [1.29, 1.82) is 0 Å². The second kappa shape index (κ2) is 11.3. The molecule has 5 N–H and O–H groups in total. The zero-order chi connectivity index (χ0) is 22.9. The number of hydrogen-bond acceptors (Lipinski definition) is 5. The van der Waals surface area contributed by atoms with Gasteiger partial charge in [-0.05, 0) is 34.9 Å². The average Bonchev–Trinajstić information content (AvgIpc) is 2.78. The number of hydrogen-bond donors (Lipinski definition) is 4. The average molecular weight is 453 g/mol. The first-order valence-electron chi connectivity index (χ1n) is 10.2. The van der Waals surface area contributed by atoms with Gasteiger partial charge < -0.3 is 21.5 Å². The van der Waals surface area contributed by atoms with Crippen molar-refractivity contribution in [3.05, 3.63) is 94.6 Å². The summed E-state index contributed by atoms with van der Waals surface area (Å²) in [5, 5.41) is 16.4. The Kier molecular flexibility index (Phi) is 8.19. The third-order valence-corrected chi connectivity index (χ3v) is 5.09. The molecule has 0 saturated carbocycles. The van der Waals surface area contributed by atoms with E-state index in [1.54, 1.807) is 36.5 Å². The van der Waals surface area contributed by atoms with Crippen molar-refractivity contribution in [3.8, 4) is 0 Å². The molecular weight excluding hydrogens is 428 g/mol. The highest BCUT2D eigenvalue weighted by molar-refractivity contribution is 6.30. The summed E-state index contributed by atoms with van der Waals surface area (Å²) in [6.07, 6.45) is 0.656. The number of carbonyl (C=O) groups excluding carboxylic acids is 2. The van der Waals surface area contributed by atoms with Crippen LogP contribution in [0.1, 0.15) is 16.7 Å². The van der Waals surface area contributed by atoms with E-state index in [4.69, 9.17) is 17.3 Å². The molecule has 0 spiro atoms. The standard InChI is InChI=1S/C24H25ClN4O3/c25-19-8-4-7-17(11-19)12-20(23(31)28-15-18-9-10-22(26)27-14-18)29-24(32)21(30)13-16-5-2-1-3-6-16/h1-11,14,20-21,30H,12-13,15H2,(H2,26,27)(H,28,31)(H,29,32)/t20-,21+/m0/s1. The summed E-state index contributed by atoms with van der Waals surface area (Å²) in [7, 11) is 0. The van der Waals surface area contributed by atoms with Crippen LogP contribution in [0.15, 0.2) is 72.9 Å². The van der Waals surface area contributed by atoms with Gasteiger partial charge in [0.1, 0.15) is 18.0 Å². The summed E-state index contributed by atoms with van der Waals surface area (Å²) in [5.74, 6) is -0.620. The zero-order valence-corrected chi connectivity index (χ0v) is 18.1. The molecule has 0 fully saturated rings. The zero-order valence-electron chi connectivity index (χ0n) is 17.4. The van der Waals surface area contributed by atoms with Crippen LogP contribution in [0.4, 0.5) is 5.82 Å². The predicted octanol–water partition coefficient (Wildman–Crippen LogP) is 2.26. The highest BCUT2D eigenvalue weighted by Crippen LogP contribution is 2.13. The summed E-state index contributed by atoms with van der Waals surface area (Å²) in [6.45, 7) is 0.223. The van der Waals surface area contributed by atoms with Gasteiger partial charge >= 0.3 is 0 Å². The van der Waals surface area contributed by atoms with Gasteiger partial charge in [0, 0.05) is 30.6 Å². The number of aliphatic hydroxyl groups excluding tert-OH is 1. The summed E-state index contributed by atoms with van der Waals surface area (Å²) >= 11 is 6.06. The first kappa shape index (κ1) is 23.2. The van der Waals surface area contributed by atoms with E-state index in [0.29, 0.717) is 10.8 Å². The Morgan fingerprint density at radius 1 is 0.938 bits per heavy atom. The molecule has 1 heterocycles. The van der Waals surface area contributed by atoms with Crippen molar-refractivity contribution in [2.24, 2.45) is 0 Å². The van der Waals surface area contributed by atoms with Crippen molar-refractivity contribution >= 4 is 29.2 Å². The van der Waals surface area contributed by atoms with E-state index in [0.717, 1.165) is 16.7 Å². The van der Waals surface area contributed by atoms with Crippen LogP contribution in [0.3, 0.4) is 0 Å². The third kappa shape index (κ3) is 7.08. The Bertz CT molecular complexity index is 1040. The maximum atomic E-state index is 12.9. The van der Waals surface area contributed by atoms with Crippen molar-refractivity contribution in [2.45, 2.75) is 31.5 Å². The van der Waals surface area contributed by atoms with E-state index in [1.807, 2.05) is 36.4 Å². The normalized spacial score (nSPS) is 12.6. The van der Waals surface area contributed by atoms with Crippen LogP contribution in [0.5, 0.6) is 0 Å². The summed E-state index contributed by atoms with van der Waals surface area (Å²) in [6, 6.07) is 18.8. The Hall–Kier alpha value is -3.42. The molecule has 2 atom stereocenters. The fourth-order valence-corrected chi connectivity index (χ4v) is 3.37. The third-order valence-electron chi connectivity index (χ3n) is 4.85. The monoisotopic (exact) mass is 452 g/mol. The molecule has 2 amide bonds. The summed E-state index contributed by atoms with van der Waals surface area (Å²) in [4.78, 5) is 29.5. The summed E-state index contributed by atoms with van der Waals surface area (Å²) in [5.41, 5.74) is 7.96. The molecule has 7 nitrogen and oxygen atoms in total. The van der Waals surface area contributed by atoms with Crippen LogP contribution in [-0.2, 0) is 29.0 Å². The number of rotatable bonds is 9. The van der Waals surface area contributed by atoms with Gasteiger partial charge in [0.15, 0.2) is 0 Å². The minimum atomic E-state index is -1.28. The molecule has 0 bridgehead atoms. The molecule has 0 radical (unpaired) electrons. The Morgan fingerprint density at radius 3 is 2.38 bits per heavy atom. The molecule has 32 heavy (non-hydrogen) atoms. The maximum Gasteiger partial charge on any atom is 0.249 e. The van der Waals surface area contributed by atoms with Gasteiger partial charge in [-0.3, -0.25) is 9.59 Å². The number of nitrogen functional groups attached to an aromatic ring is 1. The molecule has 0 unspecified atom stereocenters. The van der Waals surface area contributed by atoms with Gasteiger partial charge in [-0.25, -0.2) is 4.98 Å². The molecule has 8 heteroatoms. The largest absolute Gasteiger partial charge is 0.384 e. The second-order valence-electron chi connectivity index (χ2n) is 7.41. The first-order chi connectivity index (χ1) is 15.4. The molecule has 2 aromatic carbocycles. The molecule has 3 rings (SSSR count). The van der Waals surface area contributed by atoms with E-state index < -0.39 is 18.1 Å². The smallest absolute Gasteiger partial charge is 0.249 e. The van der Waals surface area contributed by atoms with Gasteiger partial charge in [-0.1, -0.05) is 60.1 Å². The van der Waals surface area contributed by atoms with Crippen molar-refractivity contribution in [3.63, 3.8) is 0 Å². The number of anilines is 1. The van der Waals surface area contributed by atoms with Crippen molar-refractivity contribution in [1.82, 2.24) is 15.6 Å². The number of halogens is 1. The minimum Gasteiger partial charge on any atom is -0.384 e. The van der Waals surface area contributed by atoms with E-state index in [-0.39, 0.29) is 25.3 Å².